The predicted molar refractivity (Wildman–Crippen MR) is 79.1 cm³/mol. The second kappa shape index (κ2) is 6.04. The van der Waals surface area contributed by atoms with Crippen LogP contribution in [0.1, 0.15) is 31.2 Å². The molecule has 0 bridgehead atoms. The molecule has 21 heavy (non-hydrogen) atoms. The van der Waals surface area contributed by atoms with Crippen molar-refractivity contribution in [2.45, 2.75) is 43.3 Å². The maximum atomic E-state index is 12.6. The lowest BCUT2D eigenvalue weighted by Crippen LogP contribution is -2.51. The summed E-state index contributed by atoms with van der Waals surface area (Å²) < 4.78 is 26.8. The number of piperazine rings is 1. The fourth-order valence-corrected chi connectivity index (χ4v) is 4.91. The molecule has 8 heteroatoms. The van der Waals surface area contributed by atoms with Gasteiger partial charge in [-0.2, -0.15) is 9.40 Å². The maximum Gasteiger partial charge on any atom is 0.260 e. The SMILES string of the molecule is NCc1cn[nH]c1S(=O)(=O)N1CCN(C2CCCC2)CC1. The van der Waals surface area contributed by atoms with Crippen LogP contribution < -0.4 is 5.73 Å². The van der Waals surface area contributed by atoms with Crippen LogP contribution in [0.5, 0.6) is 0 Å². The Kier molecular flexibility index (Phi) is 4.30. The number of hydrogen-bond donors (Lipinski definition) is 2. The van der Waals surface area contributed by atoms with Crippen molar-refractivity contribution in [1.82, 2.24) is 19.4 Å². The number of aromatic amines is 1. The van der Waals surface area contributed by atoms with E-state index >= 15 is 0 Å². The highest BCUT2D eigenvalue weighted by Crippen LogP contribution is 2.26. The average molecular weight is 313 g/mol. The zero-order valence-corrected chi connectivity index (χ0v) is 13.0. The van der Waals surface area contributed by atoms with Gasteiger partial charge in [-0.05, 0) is 12.8 Å². The Morgan fingerprint density at radius 2 is 1.90 bits per heavy atom. The molecule has 1 saturated heterocycles. The van der Waals surface area contributed by atoms with E-state index in [-0.39, 0.29) is 11.6 Å². The summed E-state index contributed by atoms with van der Waals surface area (Å²) in [4.78, 5) is 2.44. The first kappa shape index (κ1) is 15.0. The Bertz CT molecular complexity index is 571. The van der Waals surface area contributed by atoms with Gasteiger partial charge in [0.15, 0.2) is 5.03 Å². The van der Waals surface area contributed by atoms with Gasteiger partial charge in [-0.25, -0.2) is 8.42 Å². The van der Waals surface area contributed by atoms with Crippen LogP contribution >= 0.6 is 0 Å². The van der Waals surface area contributed by atoms with Gasteiger partial charge in [0.05, 0.1) is 6.20 Å². The fraction of sp³-hybridized carbons (Fsp3) is 0.769. The van der Waals surface area contributed by atoms with E-state index in [1.165, 1.54) is 31.9 Å². The molecule has 0 aromatic carbocycles. The van der Waals surface area contributed by atoms with Crippen LogP contribution in [0.15, 0.2) is 11.2 Å². The van der Waals surface area contributed by atoms with Crippen molar-refractivity contribution in [2.75, 3.05) is 26.2 Å². The number of sulfonamides is 1. The van der Waals surface area contributed by atoms with Crippen LogP contribution in [-0.4, -0.2) is 60.0 Å². The summed E-state index contributed by atoms with van der Waals surface area (Å²) >= 11 is 0. The molecule has 118 valence electrons. The third-order valence-corrected chi connectivity index (χ3v) is 6.52. The van der Waals surface area contributed by atoms with Gasteiger partial charge in [-0.1, -0.05) is 12.8 Å². The number of nitrogens with one attached hydrogen (secondary N) is 1. The van der Waals surface area contributed by atoms with Crippen LogP contribution in [0.25, 0.3) is 0 Å². The Hall–Kier alpha value is -0.960. The number of nitrogens with zero attached hydrogens (tertiary/aromatic N) is 3. The van der Waals surface area contributed by atoms with Gasteiger partial charge in [0.1, 0.15) is 0 Å². The zero-order chi connectivity index (χ0) is 14.9. The van der Waals surface area contributed by atoms with Gasteiger partial charge < -0.3 is 5.73 Å². The lowest BCUT2D eigenvalue weighted by Gasteiger charge is -2.37. The van der Waals surface area contributed by atoms with Gasteiger partial charge in [-0.3, -0.25) is 10.00 Å². The molecule has 0 unspecified atom stereocenters. The Morgan fingerprint density at radius 1 is 1.24 bits per heavy atom. The molecule has 1 aromatic rings. The van der Waals surface area contributed by atoms with Crippen LogP contribution in [0.2, 0.25) is 0 Å². The first-order chi connectivity index (χ1) is 10.1. The summed E-state index contributed by atoms with van der Waals surface area (Å²) in [6, 6.07) is 0.654. The fourth-order valence-electron chi connectivity index (χ4n) is 3.38. The molecule has 0 atom stereocenters. The van der Waals surface area contributed by atoms with Crippen LogP contribution in [0, 0.1) is 0 Å². The molecular formula is C13H23N5O2S. The Morgan fingerprint density at radius 3 is 2.52 bits per heavy atom. The van der Waals surface area contributed by atoms with Gasteiger partial charge >= 0.3 is 0 Å². The number of aromatic nitrogens is 2. The number of nitrogens with two attached hydrogens (primary N) is 1. The summed E-state index contributed by atoms with van der Waals surface area (Å²) in [5.41, 5.74) is 6.12. The molecule has 2 fully saturated rings. The summed E-state index contributed by atoms with van der Waals surface area (Å²) in [5, 5.41) is 6.55. The lowest BCUT2D eigenvalue weighted by atomic mass is 10.2. The highest BCUT2D eigenvalue weighted by atomic mass is 32.2. The normalized spacial score (nSPS) is 22.9. The second-order valence-corrected chi connectivity index (χ2v) is 7.68. The van der Waals surface area contributed by atoms with E-state index in [2.05, 4.69) is 15.1 Å². The summed E-state index contributed by atoms with van der Waals surface area (Å²) in [7, 11) is -3.50. The highest BCUT2D eigenvalue weighted by molar-refractivity contribution is 7.89. The minimum atomic E-state index is -3.50. The molecule has 1 saturated carbocycles. The van der Waals surface area contributed by atoms with E-state index in [1.54, 1.807) is 4.31 Å². The van der Waals surface area contributed by atoms with Gasteiger partial charge in [0.25, 0.3) is 10.0 Å². The predicted octanol–water partition coefficient (Wildman–Crippen LogP) is 0.117. The molecular weight excluding hydrogens is 290 g/mol. The van der Waals surface area contributed by atoms with Crippen LogP contribution in [0.3, 0.4) is 0 Å². The van der Waals surface area contributed by atoms with E-state index < -0.39 is 10.0 Å². The third-order valence-electron chi connectivity index (χ3n) is 4.61. The molecule has 1 aromatic heterocycles. The summed E-state index contributed by atoms with van der Waals surface area (Å²) in [5.74, 6) is 0. The molecule has 3 rings (SSSR count). The topological polar surface area (TPSA) is 95.3 Å². The average Bonchev–Trinajstić information content (AvgIpc) is 3.18. The third kappa shape index (κ3) is 2.85. The van der Waals surface area contributed by atoms with Crippen molar-refractivity contribution in [3.05, 3.63) is 11.8 Å². The number of H-pyrrole nitrogens is 1. The quantitative estimate of drug-likeness (QED) is 0.823. The van der Waals surface area contributed by atoms with Crippen molar-refractivity contribution < 1.29 is 8.42 Å². The van der Waals surface area contributed by atoms with Crippen molar-refractivity contribution in [2.24, 2.45) is 5.73 Å². The Labute approximate surface area is 125 Å². The van der Waals surface area contributed by atoms with Crippen molar-refractivity contribution in [3.63, 3.8) is 0 Å². The van der Waals surface area contributed by atoms with E-state index in [9.17, 15) is 8.42 Å². The first-order valence-electron chi connectivity index (χ1n) is 7.59. The molecule has 0 amide bonds. The minimum absolute atomic E-state index is 0.152. The van der Waals surface area contributed by atoms with Crippen LogP contribution in [-0.2, 0) is 16.6 Å². The van der Waals surface area contributed by atoms with Crippen LogP contribution in [0.4, 0.5) is 0 Å². The second-order valence-electron chi connectivity index (χ2n) is 5.81. The molecule has 2 heterocycles. The summed E-state index contributed by atoms with van der Waals surface area (Å²) in [6.07, 6.45) is 6.60. The van der Waals surface area contributed by atoms with Gasteiger partial charge in [-0.15, -0.1) is 0 Å². The monoisotopic (exact) mass is 313 g/mol. The zero-order valence-electron chi connectivity index (χ0n) is 12.2. The van der Waals surface area contributed by atoms with E-state index in [0.29, 0.717) is 24.7 Å². The van der Waals surface area contributed by atoms with Crippen molar-refractivity contribution >= 4 is 10.0 Å². The summed E-state index contributed by atoms with van der Waals surface area (Å²) in [6.45, 7) is 2.89. The largest absolute Gasteiger partial charge is 0.326 e. The Balaban J connectivity index is 1.68. The van der Waals surface area contributed by atoms with Crippen molar-refractivity contribution in [3.8, 4) is 0 Å². The van der Waals surface area contributed by atoms with E-state index in [4.69, 9.17) is 5.73 Å². The minimum Gasteiger partial charge on any atom is -0.326 e. The maximum absolute atomic E-state index is 12.6. The van der Waals surface area contributed by atoms with Gasteiger partial charge in [0.2, 0.25) is 0 Å². The van der Waals surface area contributed by atoms with E-state index in [0.717, 1.165) is 13.1 Å². The van der Waals surface area contributed by atoms with Crippen molar-refractivity contribution in [1.29, 1.82) is 0 Å². The molecule has 7 nitrogen and oxygen atoms in total. The first-order valence-corrected chi connectivity index (χ1v) is 9.03. The molecule has 3 N–H and O–H groups in total. The molecule has 2 aliphatic rings. The molecule has 1 aliphatic carbocycles. The molecule has 0 radical (unpaired) electrons. The number of rotatable bonds is 4. The van der Waals surface area contributed by atoms with Gasteiger partial charge in [0, 0.05) is 44.3 Å². The molecule has 1 aliphatic heterocycles. The lowest BCUT2D eigenvalue weighted by molar-refractivity contribution is 0.138. The van der Waals surface area contributed by atoms with E-state index in [1.807, 2.05) is 0 Å². The molecule has 0 spiro atoms. The number of hydrogen-bond acceptors (Lipinski definition) is 5. The highest BCUT2D eigenvalue weighted by Gasteiger charge is 2.33. The standard InChI is InChI=1S/C13H23N5O2S/c14-9-11-10-15-16-13(11)21(19,20)18-7-5-17(6-8-18)12-3-1-2-4-12/h10,12H,1-9,14H2,(H,15,16). The smallest absolute Gasteiger partial charge is 0.260 e.